The summed E-state index contributed by atoms with van der Waals surface area (Å²) in [4.78, 5) is 14.3. The molecule has 2 rings (SSSR count). The van der Waals surface area contributed by atoms with Crippen LogP contribution in [-0.2, 0) is 16.6 Å². The van der Waals surface area contributed by atoms with Gasteiger partial charge in [0.15, 0.2) is 0 Å². The lowest BCUT2D eigenvalue weighted by molar-refractivity contribution is -0.131. The number of nitrogens with one attached hydrogen (secondary N) is 1. The van der Waals surface area contributed by atoms with E-state index in [9.17, 15) is 4.79 Å². The molecule has 1 N–H and O–H groups in total. The van der Waals surface area contributed by atoms with E-state index in [1.54, 1.807) is 0 Å². The van der Waals surface area contributed by atoms with Crippen LogP contribution in [0, 0.1) is 6.92 Å². The summed E-state index contributed by atoms with van der Waals surface area (Å²) in [5, 5.41) is 3.28. The normalized spacial score (nSPS) is 16.3. The lowest BCUT2D eigenvalue weighted by Crippen LogP contribution is -2.47. The molecule has 3 nitrogen and oxygen atoms in total. The first kappa shape index (κ1) is 15.0. The van der Waals surface area contributed by atoms with Gasteiger partial charge in [0.05, 0.1) is 6.42 Å². The van der Waals surface area contributed by atoms with Gasteiger partial charge in [0, 0.05) is 26.2 Å². The molecule has 1 aromatic carbocycles. The Hall–Kier alpha value is -1.35. The molecular weight excluding hydrogens is 248 g/mol. The first-order chi connectivity index (χ1) is 9.38. The van der Waals surface area contributed by atoms with Crippen LogP contribution in [0.2, 0.25) is 0 Å². The third-order valence-electron chi connectivity index (χ3n) is 4.02. The highest BCUT2D eigenvalue weighted by atomic mass is 16.2. The minimum atomic E-state index is 0.159. The van der Waals surface area contributed by atoms with E-state index in [2.05, 4.69) is 51.2 Å². The molecule has 1 fully saturated rings. The molecule has 3 heteroatoms. The second-order valence-electron chi connectivity index (χ2n) is 6.70. The lowest BCUT2D eigenvalue weighted by atomic mass is 9.85. The van der Waals surface area contributed by atoms with Gasteiger partial charge in [-0.25, -0.2) is 0 Å². The average molecular weight is 274 g/mol. The number of hydrogen-bond acceptors (Lipinski definition) is 2. The van der Waals surface area contributed by atoms with Crippen molar-refractivity contribution in [3.05, 3.63) is 34.9 Å². The topological polar surface area (TPSA) is 32.3 Å². The smallest absolute Gasteiger partial charge is 0.227 e. The SMILES string of the molecule is Cc1cc(C(C)(C)C)ccc1CC(=O)N1CCNCC1. The van der Waals surface area contributed by atoms with Crippen molar-refractivity contribution in [2.24, 2.45) is 0 Å². The number of piperazine rings is 1. The van der Waals surface area contributed by atoms with Crippen LogP contribution in [0.25, 0.3) is 0 Å². The summed E-state index contributed by atoms with van der Waals surface area (Å²) in [6.45, 7) is 12.2. The standard InChI is InChI=1S/C17H26N2O/c1-13-11-15(17(2,3)4)6-5-14(13)12-16(20)19-9-7-18-8-10-19/h5-6,11,18H,7-10,12H2,1-4H3. The van der Waals surface area contributed by atoms with Crippen molar-refractivity contribution in [2.75, 3.05) is 26.2 Å². The van der Waals surface area contributed by atoms with E-state index >= 15 is 0 Å². The van der Waals surface area contributed by atoms with Crippen molar-refractivity contribution in [2.45, 2.75) is 39.5 Å². The minimum Gasteiger partial charge on any atom is -0.340 e. The summed E-state index contributed by atoms with van der Waals surface area (Å²) in [5.41, 5.74) is 3.86. The van der Waals surface area contributed by atoms with Gasteiger partial charge < -0.3 is 10.2 Å². The van der Waals surface area contributed by atoms with Gasteiger partial charge in [-0.1, -0.05) is 39.0 Å². The number of benzene rings is 1. The summed E-state index contributed by atoms with van der Waals surface area (Å²) in [7, 11) is 0. The molecule has 1 saturated heterocycles. The number of carbonyl (C=O) groups is 1. The van der Waals surface area contributed by atoms with Crippen molar-refractivity contribution in [1.29, 1.82) is 0 Å². The summed E-state index contributed by atoms with van der Waals surface area (Å²) in [6.07, 6.45) is 0.524. The Bertz CT molecular complexity index is 482. The molecule has 0 saturated carbocycles. The molecule has 0 bridgehead atoms. The Labute approximate surface area is 122 Å². The molecule has 1 aliphatic heterocycles. The fourth-order valence-corrected chi connectivity index (χ4v) is 2.55. The monoisotopic (exact) mass is 274 g/mol. The lowest BCUT2D eigenvalue weighted by Gasteiger charge is -2.28. The number of rotatable bonds is 2. The number of amides is 1. The predicted molar refractivity (Wildman–Crippen MR) is 83.0 cm³/mol. The molecular formula is C17H26N2O. The molecule has 0 aromatic heterocycles. The van der Waals surface area contributed by atoms with E-state index in [0.29, 0.717) is 6.42 Å². The van der Waals surface area contributed by atoms with E-state index in [-0.39, 0.29) is 11.3 Å². The zero-order valence-corrected chi connectivity index (χ0v) is 13.1. The number of carbonyl (C=O) groups excluding carboxylic acids is 1. The largest absolute Gasteiger partial charge is 0.340 e. The summed E-state index contributed by atoms with van der Waals surface area (Å²) < 4.78 is 0. The molecule has 1 amide bonds. The highest BCUT2D eigenvalue weighted by Gasteiger charge is 2.18. The third kappa shape index (κ3) is 3.60. The Kier molecular flexibility index (Phi) is 4.48. The van der Waals surface area contributed by atoms with E-state index in [4.69, 9.17) is 0 Å². The zero-order valence-electron chi connectivity index (χ0n) is 13.1. The Morgan fingerprint density at radius 3 is 2.45 bits per heavy atom. The van der Waals surface area contributed by atoms with Gasteiger partial charge in [-0.05, 0) is 29.0 Å². The molecule has 0 aliphatic carbocycles. The van der Waals surface area contributed by atoms with E-state index in [1.165, 1.54) is 11.1 Å². The molecule has 1 heterocycles. The maximum Gasteiger partial charge on any atom is 0.227 e. The molecule has 0 unspecified atom stereocenters. The Balaban J connectivity index is 2.08. The number of aryl methyl sites for hydroxylation is 1. The molecule has 110 valence electrons. The molecule has 1 aromatic rings. The highest BCUT2D eigenvalue weighted by molar-refractivity contribution is 5.79. The first-order valence-electron chi connectivity index (χ1n) is 7.46. The van der Waals surface area contributed by atoms with Crippen LogP contribution in [0.5, 0.6) is 0 Å². The maximum atomic E-state index is 12.3. The number of hydrogen-bond donors (Lipinski definition) is 1. The van der Waals surface area contributed by atoms with Gasteiger partial charge in [0.25, 0.3) is 0 Å². The van der Waals surface area contributed by atoms with Crippen LogP contribution >= 0.6 is 0 Å². The van der Waals surface area contributed by atoms with Crippen molar-refractivity contribution in [1.82, 2.24) is 10.2 Å². The fraction of sp³-hybridized carbons (Fsp3) is 0.588. The number of nitrogens with zero attached hydrogens (tertiary/aromatic N) is 1. The second-order valence-corrected chi connectivity index (χ2v) is 6.70. The second kappa shape index (κ2) is 5.96. The maximum absolute atomic E-state index is 12.3. The van der Waals surface area contributed by atoms with Gasteiger partial charge in [0.1, 0.15) is 0 Å². The van der Waals surface area contributed by atoms with Crippen LogP contribution in [0.1, 0.15) is 37.5 Å². The highest BCUT2D eigenvalue weighted by Crippen LogP contribution is 2.24. The summed E-state index contributed by atoms with van der Waals surface area (Å²) >= 11 is 0. The van der Waals surface area contributed by atoms with Crippen LogP contribution in [0.15, 0.2) is 18.2 Å². The Morgan fingerprint density at radius 1 is 1.25 bits per heavy atom. The quantitative estimate of drug-likeness (QED) is 0.897. The van der Waals surface area contributed by atoms with E-state index in [1.807, 2.05) is 4.90 Å². The van der Waals surface area contributed by atoms with E-state index in [0.717, 1.165) is 31.7 Å². The summed E-state index contributed by atoms with van der Waals surface area (Å²) in [5.74, 6) is 0.248. The van der Waals surface area contributed by atoms with Gasteiger partial charge in [-0.2, -0.15) is 0 Å². The minimum absolute atomic E-state index is 0.159. The van der Waals surface area contributed by atoms with Gasteiger partial charge in [-0.15, -0.1) is 0 Å². The van der Waals surface area contributed by atoms with Crippen molar-refractivity contribution in [3.63, 3.8) is 0 Å². The first-order valence-corrected chi connectivity index (χ1v) is 7.46. The molecule has 0 radical (unpaired) electrons. The fourth-order valence-electron chi connectivity index (χ4n) is 2.55. The van der Waals surface area contributed by atoms with Crippen LogP contribution in [0.4, 0.5) is 0 Å². The molecule has 20 heavy (non-hydrogen) atoms. The van der Waals surface area contributed by atoms with Crippen LogP contribution < -0.4 is 5.32 Å². The van der Waals surface area contributed by atoms with Crippen molar-refractivity contribution in [3.8, 4) is 0 Å². The van der Waals surface area contributed by atoms with Gasteiger partial charge in [-0.3, -0.25) is 4.79 Å². The third-order valence-corrected chi connectivity index (χ3v) is 4.02. The average Bonchev–Trinajstić information content (AvgIpc) is 2.41. The summed E-state index contributed by atoms with van der Waals surface area (Å²) in [6, 6.07) is 6.50. The van der Waals surface area contributed by atoms with Crippen molar-refractivity contribution >= 4 is 5.91 Å². The van der Waals surface area contributed by atoms with Crippen molar-refractivity contribution < 1.29 is 4.79 Å². The van der Waals surface area contributed by atoms with E-state index < -0.39 is 0 Å². The molecule has 0 spiro atoms. The molecule has 1 aliphatic rings. The van der Waals surface area contributed by atoms with Crippen LogP contribution in [0.3, 0.4) is 0 Å². The predicted octanol–water partition coefficient (Wildman–Crippen LogP) is 2.27. The zero-order chi connectivity index (χ0) is 14.8. The Morgan fingerprint density at radius 2 is 1.90 bits per heavy atom. The van der Waals surface area contributed by atoms with Crippen LogP contribution in [-0.4, -0.2) is 37.0 Å². The van der Waals surface area contributed by atoms with Gasteiger partial charge in [0.2, 0.25) is 5.91 Å². The van der Waals surface area contributed by atoms with Gasteiger partial charge >= 0.3 is 0 Å². The molecule has 0 atom stereocenters.